The molecule has 0 bridgehead atoms. The second-order valence-electron chi connectivity index (χ2n) is 9.56. The molecule has 194 valence electrons. The van der Waals surface area contributed by atoms with Crippen molar-refractivity contribution in [2.24, 2.45) is 0 Å². The van der Waals surface area contributed by atoms with E-state index in [0.29, 0.717) is 18.4 Å². The second kappa shape index (κ2) is 11.7. The normalized spacial score (nSPS) is 18.9. The summed E-state index contributed by atoms with van der Waals surface area (Å²) >= 11 is 0. The third kappa shape index (κ3) is 8.38. The van der Waals surface area contributed by atoms with Crippen LogP contribution >= 0.6 is 0 Å². The van der Waals surface area contributed by atoms with Crippen molar-refractivity contribution in [3.05, 3.63) is 47.5 Å². The van der Waals surface area contributed by atoms with Crippen molar-refractivity contribution >= 4 is 17.8 Å². The van der Waals surface area contributed by atoms with E-state index < -0.39 is 41.3 Å². The summed E-state index contributed by atoms with van der Waals surface area (Å²) in [6, 6.07) is 2.97. The molecule has 0 spiro atoms. The lowest BCUT2D eigenvalue weighted by molar-refractivity contribution is -0.159. The van der Waals surface area contributed by atoms with Crippen molar-refractivity contribution in [1.29, 1.82) is 0 Å². The van der Waals surface area contributed by atoms with Gasteiger partial charge >= 0.3 is 12.1 Å². The van der Waals surface area contributed by atoms with Crippen molar-refractivity contribution < 1.29 is 32.3 Å². The average Bonchev–Trinajstić information content (AvgIpc) is 2.73. The Labute approximate surface area is 204 Å². The Morgan fingerprint density at radius 1 is 1.17 bits per heavy atom. The maximum absolute atomic E-state index is 13.5. The number of benzene rings is 1. The average molecular weight is 498 g/mol. The van der Waals surface area contributed by atoms with Crippen LogP contribution in [0.25, 0.3) is 0 Å². The summed E-state index contributed by atoms with van der Waals surface area (Å²) in [5, 5.41) is 2.95. The fourth-order valence-corrected chi connectivity index (χ4v) is 3.81. The number of amides is 2. The van der Waals surface area contributed by atoms with Crippen LogP contribution in [0.2, 0.25) is 0 Å². The van der Waals surface area contributed by atoms with Gasteiger partial charge in [-0.3, -0.25) is 14.4 Å². The van der Waals surface area contributed by atoms with Crippen molar-refractivity contribution in [2.75, 3.05) is 27.2 Å². The van der Waals surface area contributed by atoms with Gasteiger partial charge in [0.25, 0.3) is 0 Å². The van der Waals surface area contributed by atoms with Gasteiger partial charge in [0.05, 0.1) is 11.6 Å². The Morgan fingerprint density at radius 3 is 2.34 bits per heavy atom. The van der Waals surface area contributed by atoms with Crippen molar-refractivity contribution in [2.45, 2.75) is 63.9 Å². The molecule has 7 nitrogen and oxygen atoms in total. The molecule has 0 unspecified atom stereocenters. The smallest absolute Gasteiger partial charge is 0.416 e. The van der Waals surface area contributed by atoms with Gasteiger partial charge in [-0.2, -0.15) is 13.2 Å². The molecule has 0 aromatic heterocycles. The number of likely N-dealkylation sites (N-methyl/N-ethyl adjacent to an activating group) is 2. The molecular formula is C25H34F3N3O4. The van der Waals surface area contributed by atoms with E-state index in [9.17, 15) is 27.6 Å². The molecule has 1 aromatic carbocycles. The lowest BCUT2D eigenvalue weighted by Crippen LogP contribution is -2.56. The Kier molecular flexibility index (Phi) is 9.48. The van der Waals surface area contributed by atoms with E-state index in [2.05, 4.69) is 5.32 Å². The number of hydrogen-bond acceptors (Lipinski definition) is 5. The standard InChI is InChI=1S/C25H34F3N3O4/c1-24(2,3)35-21(32)16-30(5)23(34)20(15-17-10-12-18(13-11-17)25(26,27)28)31-14-8-6-7-9-19(29-4)22(31)33/h6-7,10-13,19-20,29H,8-9,14-16H2,1-5H3/b7-6-/t19-,20-/m0/s1. The number of rotatable bonds is 7. The highest BCUT2D eigenvalue weighted by Crippen LogP contribution is 2.29. The number of nitrogens with one attached hydrogen (secondary N) is 1. The molecule has 1 N–H and O–H groups in total. The van der Waals surface area contributed by atoms with Crippen molar-refractivity contribution in [1.82, 2.24) is 15.1 Å². The number of nitrogens with zero attached hydrogens (tertiary/aromatic N) is 2. The molecule has 0 aliphatic carbocycles. The van der Waals surface area contributed by atoms with Crippen LogP contribution in [0.1, 0.15) is 44.7 Å². The quantitative estimate of drug-likeness (QED) is 0.463. The monoisotopic (exact) mass is 497 g/mol. The fraction of sp³-hybridized carbons (Fsp3) is 0.560. The van der Waals surface area contributed by atoms with Crippen LogP contribution in [0.3, 0.4) is 0 Å². The van der Waals surface area contributed by atoms with Gasteiger partial charge in [-0.15, -0.1) is 0 Å². The Bertz CT molecular complexity index is 923. The van der Waals surface area contributed by atoms with Crippen LogP contribution < -0.4 is 5.32 Å². The zero-order valence-corrected chi connectivity index (χ0v) is 20.8. The van der Waals surface area contributed by atoms with Gasteiger partial charge in [0.15, 0.2) is 0 Å². The van der Waals surface area contributed by atoms with Crippen LogP contribution in [-0.2, 0) is 31.7 Å². The molecule has 1 heterocycles. The first-order valence-electron chi connectivity index (χ1n) is 11.5. The summed E-state index contributed by atoms with van der Waals surface area (Å²) in [6.45, 7) is 5.07. The van der Waals surface area contributed by atoms with E-state index in [4.69, 9.17) is 4.74 Å². The summed E-state index contributed by atoms with van der Waals surface area (Å²) in [5.41, 5.74) is -1.06. The van der Waals surface area contributed by atoms with E-state index in [-0.39, 0.29) is 25.4 Å². The minimum absolute atomic E-state index is 0.00151. The first-order valence-corrected chi connectivity index (χ1v) is 11.5. The predicted octanol–water partition coefficient (Wildman–Crippen LogP) is 3.18. The number of ether oxygens (including phenoxy) is 1. The number of halogens is 3. The number of alkyl halides is 3. The topological polar surface area (TPSA) is 79.0 Å². The molecule has 10 heteroatoms. The Morgan fingerprint density at radius 2 is 1.80 bits per heavy atom. The van der Waals surface area contributed by atoms with E-state index in [0.717, 1.165) is 12.1 Å². The maximum atomic E-state index is 13.5. The molecule has 0 saturated heterocycles. The highest BCUT2D eigenvalue weighted by atomic mass is 19.4. The van der Waals surface area contributed by atoms with E-state index in [1.54, 1.807) is 27.8 Å². The van der Waals surface area contributed by atoms with Gasteiger partial charge in [-0.05, 0) is 58.4 Å². The molecule has 0 radical (unpaired) electrons. The minimum Gasteiger partial charge on any atom is -0.459 e. The second-order valence-corrected chi connectivity index (χ2v) is 9.56. The van der Waals surface area contributed by atoms with E-state index in [1.807, 2.05) is 12.2 Å². The summed E-state index contributed by atoms with van der Waals surface area (Å²) < 4.78 is 44.3. The number of hydrogen-bond donors (Lipinski definition) is 1. The molecule has 2 atom stereocenters. The van der Waals surface area contributed by atoms with Crippen molar-refractivity contribution in [3.63, 3.8) is 0 Å². The maximum Gasteiger partial charge on any atom is 0.416 e. The summed E-state index contributed by atoms with van der Waals surface area (Å²) in [5.74, 6) is -1.38. The zero-order chi connectivity index (χ0) is 26.4. The molecule has 0 saturated carbocycles. The predicted molar refractivity (Wildman–Crippen MR) is 125 cm³/mol. The fourth-order valence-electron chi connectivity index (χ4n) is 3.81. The summed E-state index contributed by atoms with van der Waals surface area (Å²) in [7, 11) is 3.09. The SMILES string of the molecule is CN[C@H]1C/C=C\CCN([C@@H](Cc2ccc(C(F)(F)F)cc2)C(=O)N(C)CC(=O)OC(C)(C)C)C1=O. The zero-order valence-electron chi connectivity index (χ0n) is 20.8. The molecule has 2 amide bonds. The third-order valence-electron chi connectivity index (χ3n) is 5.54. The molecule has 1 aliphatic heterocycles. The minimum atomic E-state index is -4.48. The van der Waals surface area contributed by atoms with E-state index in [1.165, 1.54) is 29.0 Å². The van der Waals surface area contributed by atoms with Gasteiger partial charge in [-0.1, -0.05) is 24.3 Å². The van der Waals surface area contributed by atoms with Gasteiger partial charge in [0.2, 0.25) is 11.8 Å². The van der Waals surface area contributed by atoms with Crippen LogP contribution in [0.15, 0.2) is 36.4 Å². The summed E-state index contributed by atoms with van der Waals surface area (Å²) in [4.78, 5) is 41.8. The first kappa shape index (κ1) is 28.4. The third-order valence-corrected chi connectivity index (χ3v) is 5.54. The molecule has 2 rings (SSSR count). The van der Waals surface area contributed by atoms with Gasteiger partial charge in [0.1, 0.15) is 18.2 Å². The largest absolute Gasteiger partial charge is 0.459 e. The summed E-state index contributed by atoms with van der Waals surface area (Å²) in [6.07, 6.45) is 0.315. The van der Waals surface area contributed by atoms with E-state index >= 15 is 0 Å². The number of esters is 1. The lowest BCUT2D eigenvalue weighted by Gasteiger charge is -2.36. The van der Waals surface area contributed by atoms with Crippen LogP contribution in [-0.4, -0.2) is 72.5 Å². The molecule has 1 aromatic rings. The van der Waals surface area contributed by atoms with Gasteiger partial charge in [-0.25, -0.2) is 0 Å². The molecular weight excluding hydrogens is 463 g/mol. The lowest BCUT2D eigenvalue weighted by atomic mass is 9.99. The van der Waals surface area contributed by atoms with Crippen LogP contribution in [0.4, 0.5) is 13.2 Å². The first-order chi connectivity index (χ1) is 16.2. The van der Waals surface area contributed by atoms with Crippen LogP contribution in [0, 0.1) is 0 Å². The molecule has 35 heavy (non-hydrogen) atoms. The van der Waals surface area contributed by atoms with Crippen molar-refractivity contribution in [3.8, 4) is 0 Å². The van der Waals surface area contributed by atoms with Crippen LogP contribution in [0.5, 0.6) is 0 Å². The highest BCUT2D eigenvalue weighted by Gasteiger charge is 2.36. The van der Waals surface area contributed by atoms with Gasteiger partial charge < -0.3 is 19.9 Å². The highest BCUT2D eigenvalue weighted by molar-refractivity contribution is 5.91. The molecule has 0 fully saturated rings. The molecule has 1 aliphatic rings. The number of carbonyl (C=O) groups excluding carboxylic acids is 3. The van der Waals surface area contributed by atoms with Gasteiger partial charge in [0, 0.05) is 20.0 Å². The number of carbonyl (C=O) groups is 3. The Balaban J connectivity index is 2.35. The Hall–Kier alpha value is -2.88.